The number of hydrogen-bond acceptors (Lipinski definition) is 5. The van der Waals surface area contributed by atoms with E-state index in [-0.39, 0.29) is 11.9 Å². The Kier molecular flexibility index (Phi) is 10.1. The molecule has 164 valence electrons. The van der Waals surface area contributed by atoms with Crippen molar-refractivity contribution in [2.24, 2.45) is 5.92 Å². The Labute approximate surface area is 174 Å². The predicted molar refractivity (Wildman–Crippen MR) is 115 cm³/mol. The number of alkyl carbamates (subject to hydrolysis) is 1. The molecule has 7 heteroatoms. The summed E-state index contributed by atoms with van der Waals surface area (Å²) in [6, 6.07) is 8.67. The van der Waals surface area contributed by atoms with Crippen LogP contribution >= 0.6 is 0 Å². The van der Waals surface area contributed by atoms with E-state index in [9.17, 15) is 14.7 Å². The first-order valence-corrected chi connectivity index (χ1v) is 10.2. The molecule has 0 saturated heterocycles. The molecule has 3 atom stereocenters. The second-order valence-electron chi connectivity index (χ2n) is 8.80. The SMILES string of the molecule is CC(C)CNC(=O)[C@@H](NC[C@H](Cc1ccccc1)NC(=O)OC(C)(C)C)[C@@H](C)O. The first-order valence-electron chi connectivity index (χ1n) is 10.2. The van der Waals surface area contributed by atoms with Crippen molar-refractivity contribution in [1.82, 2.24) is 16.0 Å². The average Bonchev–Trinajstić information content (AvgIpc) is 2.58. The molecule has 0 radical (unpaired) electrons. The van der Waals surface area contributed by atoms with Crippen molar-refractivity contribution < 1.29 is 19.4 Å². The molecule has 0 unspecified atom stereocenters. The lowest BCUT2D eigenvalue weighted by molar-refractivity contribution is -0.125. The van der Waals surface area contributed by atoms with Crippen LogP contribution in [0.3, 0.4) is 0 Å². The fourth-order valence-corrected chi connectivity index (χ4v) is 2.71. The maximum atomic E-state index is 12.4. The minimum Gasteiger partial charge on any atom is -0.444 e. The number of carbonyl (C=O) groups excluding carboxylic acids is 2. The molecule has 0 aromatic heterocycles. The fraction of sp³-hybridized carbons (Fsp3) is 0.636. The van der Waals surface area contributed by atoms with Gasteiger partial charge in [-0.2, -0.15) is 0 Å². The van der Waals surface area contributed by atoms with Gasteiger partial charge in [0, 0.05) is 19.1 Å². The number of amides is 2. The van der Waals surface area contributed by atoms with Crippen LogP contribution in [0.5, 0.6) is 0 Å². The first-order chi connectivity index (χ1) is 13.5. The van der Waals surface area contributed by atoms with Crippen molar-refractivity contribution in [1.29, 1.82) is 0 Å². The quantitative estimate of drug-likeness (QED) is 0.477. The topological polar surface area (TPSA) is 99.7 Å². The molecule has 2 amide bonds. The molecule has 1 rings (SSSR count). The van der Waals surface area contributed by atoms with Gasteiger partial charge in [0.15, 0.2) is 0 Å². The fourth-order valence-electron chi connectivity index (χ4n) is 2.71. The summed E-state index contributed by atoms with van der Waals surface area (Å²) in [6.45, 7) is 11.8. The van der Waals surface area contributed by atoms with Gasteiger partial charge in [-0.15, -0.1) is 0 Å². The third-order valence-electron chi connectivity index (χ3n) is 4.08. The predicted octanol–water partition coefficient (Wildman–Crippen LogP) is 2.23. The van der Waals surface area contributed by atoms with Crippen LogP contribution in [0.2, 0.25) is 0 Å². The zero-order chi connectivity index (χ0) is 22.0. The highest BCUT2D eigenvalue weighted by Gasteiger charge is 2.26. The molecule has 0 aliphatic heterocycles. The number of hydrogen-bond donors (Lipinski definition) is 4. The number of carbonyl (C=O) groups is 2. The van der Waals surface area contributed by atoms with Crippen LogP contribution in [0.1, 0.15) is 47.1 Å². The van der Waals surface area contributed by atoms with Gasteiger partial charge in [0.05, 0.1) is 6.10 Å². The summed E-state index contributed by atoms with van der Waals surface area (Å²) in [5.41, 5.74) is 0.446. The molecule has 0 aliphatic rings. The molecule has 0 spiro atoms. The smallest absolute Gasteiger partial charge is 0.407 e. The van der Waals surface area contributed by atoms with Gasteiger partial charge in [-0.25, -0.2) is 4.79 Å². The van der Waals surface area contributed by atoms with Gasteiger partial charge in [0.2, 0.25) is 5.91 Å². The Morgan fingerprint density at radius 2 is 1.69 bits per heavy atom. The van der Waals surface area contributed by atoms with Crippen LogP contribution in [0.4, 0.5) is 4.79 Å². The van der Waals surface area contributed by atoms with Crippen LogP contribution in [0.25, 0.3) is 0 Å². The number of aliphatic hydroxyl groups excluding tert-OH is 1. The molecule has 7 nitrogen and oxygen atoms in total. The standard InChI is InChI=1S/C22H37N3O4/c1-15(2)13-24-20(27)19(16(3)26)23-14-18(12-17-10-8-7-9-11-17)25-21(28)29-22(4,5)6/h7-11,15-16,18-19,23,26H,12-14H2,1-6H3,(H,24,27)(H,25,28)/t16-,18+,19+/m1/s1. The van der Waals surface area contributed by atoms with Crippen molar-refractivity contribution in [2.75, 3.05) is 13.1 Å². The summed E-state index contributed by atoms with van der Waals surface area (Å²) in [4.78, 5) is 24.7. The van der Waals surface area contributed by atoms with Crippen LogP contribution in [0.15, 0.2) is 30.3 Å². The minimum atomic E-state index is -0.874. The van der Waals surface area contributed by atoms with Crippen molar-refractivity contribution in [3.05, 3.63) is 35.9 Å². The molecule has 0 saturated carbocycles. The lowest BCUT2D eigenvalue weighted by Crippen LogP contribution is -2.55. The van der Waals surface area contributed by atoms with E-state index in [1.54, 1.807) is 27.7 Å². The Balaban J connectivity index is 2.80. The molecule has 0 aliphatic carbocycles. The maximum Gasteiger partial charge on any atom is 0.407 e. The number of benzene rings is 1. The van der Waals surface area contributed by atoms with Crippen molar-refractivity contribution in [3.8, 4) is 0 Å². The van der Waals surface area contributed by atoms with E-state index in [0.717, 1.165) is 5.56 Å². The van der Waals surface area contributed by atoms with Crippen LogP contribution < -0.4 is 16.0 Å². The molecule has 1 aromatic carbocycles. The molecule has 0 fully saturated rings. The lowest BCUT2D eigenvalue weighted by atomic mass is 10.0. The Morgan fingerprint density at radius 1 is 1.07 bits per heavy atom. The van der Waals surface area contributed by atoms with Gasteiger partial charge in [0.1, 0.15) is 11.6 Å². The monoisotopic (exact) mass is 407 g/mol. The highest BCUT2D eigenvalue weighted by atomic mass is 16.6. The Morgan fingerprint density at radius 3 is 2.21 bits per heavy atom. The zero-order valence-electron chi connectivity index (χ0n) is 18.5. The van der Waals surface area contributed by atoms with Crippen molar-refractivity contribution in [2.45, 2.75) is 71.8 Å². The van der Waals surface area contributed by atoms with Crippen LogP contribution in [-0.2, 0) is 16.0 Å². The number of aliphatic hydroxyl groups is 1. The summed E-state index contributed by atoms with van der Waals surface area (Å²) in [7, 11) is 0. The van der Waals surface area contributed by atoms with Gasteiger partial charge in [-0.05, 0) is 45.6 Å². The average molecular weight is 408 g/mol. The number of rotatable bonds is 10. The summed E-state index contributed by atoms with van der Waals surface area (Å²) in [5, 5.41) is 18.9. The molecular weight excluding hydrogens is 370 g/mol. The third kappa shape index (κ3) is 10.9. The van der Waals surface area contributed by atoms with E-state index >= 15 is 0 Å². The summed E-state index contributed by atoms with van der Waals surface area (Å²) < 4.78 is 5.37. The highest BCUT2D eigenvalue weighted by Crippen LogP contribution is 2.09. The third-order valence-corrected chi connectivity index (χ3v) is 4.08. The second-order valence-corrected chi connectivity index (χ2v) is 8.80. The number of ether oxygens (including phenoxy) is 1. The van der Waals surface area contributed by atoms with E-state index in [1.807, 2.05) is 44.2 Å². The number of nitrogens with one attached hydrogen (secondary N) is 3. The largest absolute Gasteiger partial charge is 0.444 e. The molecule has 4 N–H and O–H groups in total. The van der Waals surface area contributed by atoms with Crippen LogP contribution in [0, 0.1) is 5.92 Å². The van der Waals surface area contributed by atoms with E-state index in [0.29, 0.717) is 25.4 Å². The van der Waals surface area contributed by atoms with Gasteiger partial charge < -0.3 is 25.8 Å². The van der Waals surface area contributed by atoms with Gasteiger partial charge in [-0.1, -0.05) is 44.2 Å². The van der Waals surface area contributed by atoms with E-state index in [4.69, 9.17) is 4.74 Å². The molecule has 0 bridgehead atoms. The summed E-state index contributed by atoms with van der Waals surface area (Å²) >= 11 is 0. The van der Waals surface area contributed by atoms with Crippen molar-refractivity contribution >= 4 is 12.0 Å². The van der Waals surface area contributed by atoms with E-state index in [1.165, 1.54) is 0 Å². The zero-order valence-corrected chi connectivity index (χ0v) is 18.5. The first kappa shape index (κ1) is 24.9. The molecular formula is C22H37N3O4. The normalized spacial score (nSPS) is 14.8. The van der Waals surface area contributed by atoms with E-state index in [2.05, 4.69) is 16.0 Å². The van der Waals surface area contributed by atoms with E-state index < -0.39 is 23.8 Å². The molecule has 1 aromatic rings. The van der Waals surface area contributed by atoms with Gasteiger partial charge >= 0.3 is 6.09 Å². The molecule has 0 heterocycles. The van der Waals surface area contributed by atoms with Gasteiger partial charge in [-0.3, -0.25) is 4.79 Å². The van der Waals surface area contributed by atoms with Crippen molar-refractivity contribution in [3.63, 3.8) is 0 Å². The van der Waals surface area contributed by atoms with Gasteiger partial charge in [0.25, 0.3) is 0 Å². The second kappa shape index (κ2) is 11.8. The summed E-state index contributed by atoms with van der Waals surface area (Å²) in [6.07, 6.45) is -0.827. The summed E-state index contributed by atoms with van der Waals surface area (Å²) in [5.74, 6) is 0.0534. The Hall–Kier alpha value is -2.12. The lowest BCUT2D eigenvalue weighted by Gasteiger charge is -2.27. The maximum absolute atomic E-state index is 12.4. The highest BCUT2D eigenvalue weighted by molar-refractivity contribution is 5.82. The van der Waals surface area contributed by atoms with Crippen LogP contribution in [-0.4, -0.2) is 54.0 Å². The molecule has 29 heavy (non-hydrogen) atoms. The Bertz CT molecular complexity index is 627. The minimum absolute atomic E-state index is 0.260.